The molecule has 116 valence electrons. The monoisotopic (exact) mass is 318 g/mol. The molecular formula is C17H18O4S. The lowest BCUT2D eigenvalue weighted by Gasteiger charge is -2.29. The Balaban J connectivity index is 1.77. The molecule has 0 N–H and O–H groups in total. The van der Waals surface area contributed by atoms with Gasteiger partial charge in [-0.2, -0.15) is 0 Å². The smallest absolute Gasteiger partial charge is 0.311 e. The molecule has 1 aromatic heterocycles. The number of carbonyl (C=O) groups excluding carboxylic acids is 1. The van der Waals surface area contributed by atoms with E-state index in [1.165, 1.54) is 0 Å². The highest BCUT2D eigenvalue weighted by Gasteiger charge is 2.31. The van der Waals surface area contributed by atoms with Crippen molar-refractivity contribution in [2.75, 3.05) is 6.79 Å². The lowest BCUT2D eigenvalue weighted by Crippen LogP contribution is -2.29. The van der Waals surface area contributed by atoms with Crippen LogP contribution < -0.4 is 9.47 Å². The van der Waals surface area contributed by atoms with Crippen LogP contribution in [0.1, 0.15) is 30.7 Å². The molecule has 0 aliphatic carbocycles. The maximum Gasteiger partial charge on any atom is 0.311 e. The summed E-state index contributed by atoms with van der Waals surface area (Å²) >= 11 is 1.56. The molecule has 5 heteroatoms. The second-order valence-corrected chi connectivity index (χ2v) is 6.41. The summed E-state index contributed by atoms with van der Waals surface area (Å²) in [6.45, 7) is 4.17. The molecule has 0 spiro atoms. The van der Waals surface area contributed by atoms with Gasteiger partial charge >= 0.3 is 5.97 Å². The summed E-state index contributed by atoms with van der Waals surface area (Å²) in [5, 5.41) is 1.96. The van der Waals surface area contributed by atoms with Gasteiger partial charge in [0, 0.05) is 4.88 Å². The van der Waals surface area contributed by atoms with Crippen LogP contribution in [0.25, 0.3) is 0 Å². The number of hydrogen-bond donors (Lipinski definition) is 0. The van der Waals surface area contributed by atoms with Crippen molar-refractivity contribution in [1.82, 2.24) is 0 Å². The number of hydrogen-bond acceptors (Lipinski definition) is 5. The number of benzene rings is 1. The molecule has 2 aromatic rings. The maximum absolute atomic E-state index is 12.2. The average Bonchev–Trinajstić information content (AvgIpc) is 3.16. The Morgan fingerprint density at radius 2 is 2.14 bits per heavy atom. The van der Waals surface area contributed by atoms with Gasteiger partial charge in [-0.05, 0) is 42.5 Å². The van der Waals surface area contributed by atoms with Gasteiger partial charge in [0.1, 0.15) is 5.60 Å². The Morgan fingerprint density at radius 3 is 2.86 bits per heavy atom. The molecule has 0 fully saturated rings. The highest BCUT2D eigenvalue weighted by atomic mass is 32.1. The van der Waals surface area contributed by atoms with Crippen molar-refractivity contribution in [1.29, 1.82) is 0 Å². The van der Waals surface area contributed by atoms with Crippen LogP contribution >= 0.6 is 11.3 Å². The SMILES string of the molecule is CCC(C)(OC(=O)Cc1cccs1)c1ccc2c(c1)OCO2. The van der Waals surface area contributed by atoms with E-state index in [9.17, 15) is 4.79 Å². The Kier molecular flexibility index (Phi) is 4.07. The van der Waals surface area contributed by atoms with Gasteiger partial charge in [0.05, 0.1) is 6.42 Å². The molecule has 0 bridgehead atoms. The first-order chi connectivity index (χ1) is 10.6. The third kappa shape index (κ3) is 2.95. The Labute approximate surface area is 133 Å². The normalized spacial score (nSPS) is 15.4. The summed E-state index contributed by atoms with van der Waals surface area (Å²) in [5.74, 6) is 1.21. The molecule has 3 rings (SSSR count). The molecule has 1 aliphatic rings. The molecule has 0 radical (unpaired) electrons. The van der Waals surface area contributed by atoms with Gasteiger partial charge < -0.3 is 14.2 Å². The van der Waals surface area contributed by atoms with E-state index >= 15 is 0 Å². The summed E-state index contributed by atoms with van der Waals surface area (Å²) in [6.07, 6.45) is 0.987. The number of ether oxygens (including phenoxy) is 3. The molecular weight excluding hydrogens is 300 g/mol. The molecule has 1 aromatic carbocycles. The van der Waals surface area contributed by atoms with Crippen molar-refractivity contribution in [3.63, 3.8) is 0 Å². The fourth-order valence-corrected chi connectivity index (χ4v) is 3.09. The molecule has 0 saturated heterocycles. The summed E-state index contributed by atoms with van der Waals surface area (Å²) < 4.78 is 16.5. The van der Waals surface area contributed by atoms with Gasteiger partial charge in [-0.3, -0.25) is 4.79 Å². The Morgan fingerprint density at radius 1 is 1.32 bits per heavy atom. The zero-order chi connectivity index (χ0) is 15.6. The standard InChI is InChI=1S/C17H18O4S/c1-3-17(2,21-16(18)10-13-5-4-8-22-13)12-6-7-14-15(9-12)20-11-19-14/h4-9H,3,10-11H2,1-2H3. The number of esters is 1. The summed E-state index contributed by atoms with van der Waals surface area (Å²) in [4.78, 5) is 13.2. The van der Waals surface area contributed by atoms with E-state index in [0.29, 0.717) is 18.6 Å². The van der Waals surface area contributed by atoms with Crippen LogP contribution in [0.4, 0.5) is 0 Å². The number of fused-ring (bicyclic) bond motifs is 1. The molecule has 1 aliphatic heterocycles. The molecule has 4 nitrogen and oxygen atoms in total. The quantitative estimate of drug-likeness (QED) is 0.785. The lowest BCUT2D eigenvalue weighted by atomic mass is 9.92. The fourth-order valence-electron chi connectivity index (χ4n) is 2.40. The molecule has 1 atom stereocenters. The zero-order valence-corrected chi connectivity index (χ0v) is 13.4. The van der Waals surface area contributed by atoms with Crippen molar-refractivity contribution >= 4 is 17.3 Å². The van der Waals surface area contributed by atoms with E-state index < -0.39 is 5.60 Å². The largest absolute Gasteiger partial charge is 0.454 e. The first-order valence-corrected chi connectivity index (χ1v) is 8.13. The first-order valence-electron chi connectivity index (χ1n) is 7.25. The Hall–Kier alpha value is -2.01. The number of carbonyl (C=O) groups is 1. The van der Waals surface area contributed by atoms with E-state index in [4.69, 9.17) is 14.2 Å². The van der Waals surface area contributed by atoms with Gasteiger partial charge in [0.15, 0.2) is 11.5 Å². The summed E-state index contributed by atoms with van der Waals surface area (Å²) in [7, 11) is 0. The minimum atomic E-state index is -0.671. The second kappa shape index (κ2) is 6.01. The zero-order valence-electron chi connectivity index (χ0n) is 12.6. The maximum atomic E-state index is 12.2. The minimum absolute atomic E-state index is 0.218. The lowest BCUT2D eigenvalue weighted by molar-refractivity contribution is -0.158. The Bertz CT molecular complexity index is 665. The van der Waals surface area contributed by atoms with E-state index in [0.717, 1.165) is 16.2 Å². The van der Waals surface area contributed by atoms with Gasteiger partial charge in [-0.15, -0.1) is 11.3 Å². The van der Waals surface area contributed by atoms with Gasteiger partial charge in [-0.1, -0.05) is 19.1 Å². The van der Waals surface area contributed by atoms with Gasteiger partial charge in [0.25, 0.3) is 0 Å². The van der Waals surface area contributed by atoms with Crippen molar-refractivity contribution in [2.24, 2.45) is 0 Å². The predicted molar refractivity (Wildman–Crippen MR) is 84.3 cm³/mol. The van der Waals surface area contributed by atoms with Crippen molar-refractivity contribution in [3.8, 4) is 11.5 Å². The van der Waals surface area contributed by atoms with Crippen LogP contribution in [0.2, 0.25) is 0 Å². The van der Waals surface area contributed by atoms with Crippen molar-refractivity contribution in [2.45, 2.75) is 32.3 Å². The highest BCUT2D eigenvalue weighted by molar-refractivity contribution is 7.10. The van der Waals surface area contributed by atoms with Gasteiger partial charge in [0.2, 0.25) is 6.79 Å². The van der Waals surface area contributed by atoms with Crippen LogP contribution in [0, 0.1) is 0 Å². The second-order valence-electron chi connectivity index (χ2n) is 5.38. The van der Waals surface area contributed by atoms with E-state index in [2.05, 4.69) is 0 Å². The highest BCUT2D eigenvalue weighted by Crippen LogP contribution is 2.38. The topological polar surface area (TPSA) is 44.8 Å². The minimum Gasteiger partial charge on any atom is -0.454 e. The van der Waals surface area contributed by atoms with E-state index in [1.807, 2.05) is 49.6 Å². The van der Waals surface area contributed by atoms with Crippen LogP contribution in [0.15, 0.2) is 35.7 Å². The number of thiophene rings is 1. The predicted octanol–water partition coefficient (Wildman–Crippen LogP) is 3.89. The third-order valence-electron chi connectivity index (χ3n) is 3.90. The molecule has 1 unspecified atom stereocenters. The van der Waals surface area contributed by atoms with Crippen LogP contribution in [-0.2, 0) is 21.6 Å². The van der Waals surface area contributed by atoms with Crippen molar-refractivity contribution in [3.05, 3.63) is 46.2 Å². The third-order valence-corrected chi connectivity index (χ3v) is 4.77. The molecule has 22 heavy (non-hydrogen) atoms. The molecule has 0 saturated carbocycles. The summed E-state index contributed by atoms with van der Waals surface area (Å²) in [5.41, 5.74) is 0.244. The van der Waals surface area contributed by atoms with E-state index in [1.54, 1.807) is 11.3 Å². The molecule has 0 amide bonds. The summed E-state index contributed by atoms with van der Waals surface area (Å²) in [6, 6.07) is 9.55. The molecule has 2 heterocycles. The van der Waals surface area contributed by atoms with E-state index in [-0.39, 0.29) is 12.8 Å². The number of rotatable bonds is 5. The fraction of sp³-hybridized carbons (Fsp3) is 0.353. The first kappa shape index (κ1) is 14.9. The van der Waals surface area contributed by atoms with Crippen LogP contribution in [-0.4, -0.2) is 12.8 Å². The average molecular weight is 318 g/mol. The van der Waals surface area contributed by atoms with Crippen LogP contribution in [0.5, 0.6) is 11.5 Å². The van der Waals surface area contributed by atoms with Crippen LogP contribution in [0.3, 0.4) is 0 Å². The van der Waals surface area contributed by atoms with Gasteiger partial charge in [-0.25, -0.2) is 0 Å². The van der Waals surface area contributed by atoms with Crippen molar-refractivity contribution < 1.29 is 19.0 Å².